The van der Waals surface area contributed by atoms with E-state index >= 15 is 0 Å². The number of piperidine rings is 2. The summed E-state index contributed by atoms with van der Waals surface area (Å²) < 4.78 is 6.24. The lowest BCUT2D eigenvalue weighted by molar-refractivity contribution is -0.136. The summed E-state index contributed by atoms with van der Waals surface area (Å²) in [6, 6.07) is 5.79. The van der Waals surface area contributed by atoms with Gasteiger partial charge in [-0.1, -0.05) is 0 Å². The van der Waals surface area contributed by atoms with Gasteiger partial charge in [-0.25, -0.2) is 0 Å². The number of nitrogens with one attached hydrogen (secondary N) is 1. The van der Waals surface area contributed by atoms with Gasteiger partial charge in [0.1, 0.15) is 17.9 Å². The van der Waals surface area contributed by atoms with E-state index < -0.39 is 6.04 Å². The smallest absolute Gasteiger partial charge is 0.255 e. The van der Waals surface area contributed by atoms with Crippen LogP contribution in [0, 0.1) is 0 Å². The maximum absolute atomic E-state index is 12.8. The first kappa shape index (κ1) is 17.7. The number of hydrogen-bond donors (Lipinski definition) is 1. The molecule has 148 valence electrons. The molecule has 1 aliphatic carbocycles. The molecule has 1 N–H and O–H groups in total. The zero-order valence-corrected chi connectivity index (χ0v) is 15.9. The molecule has 5 rings (SSSR count). The Morgan fingerprint density at radius 1 is 1.07 bits per heavy atom. The van der Waals surface area contributed by atoms with Crippen molar-refractivity contribution in [3.05, 3.63) is 29.3 Å². The number of likely N-dealkylation sites (tertiary alicyclic amines) is 1. The molecule has 4 aliphatic rings. The Labute approximate surface area is 164 Å². The van der Waals surface area contributed by atoms with E-state index in [-0.39, 0.29) is 30.2 Å². The molecule has 2 saturated heterocycles. The molecule has 2 unspecified atom stereocenters. The Morgan fingerprint density at radius 2 is 1.93 bits per heavy atom. The van der Waals surface area contributed by atoms with Crippen molar-refractivity contribution in [2.45, 2.75) is 63.3 Å². The minimum absolute atomic E-state index is 0.145. The number of nitrogens with zero attached hydrogens (tertiary/aromatic N) is 2. The summed E-state index contributed by atoms with van der Waals surface area (Å²) in [6.45, 7) is 2.53. The summed E-state index contributed by atoms with van der Waals surface area (Å²) in [6.07, 6.45) is 5.68. The highest BCUT2D eigenvalue weighted by Crippen LogP contribution is 2.33. The van der Waals surface area contributed by atoms with Crippen LogP contribution in [-0.4, -0.2) is 58.8 Å². The zero-order valence-electron chi connectivity index (χ0n) is 15.9. The van der Waals surface area contributed by atoms with Gasteiger partial charge in [-0.05, 0) is 62.4 Å². The molecule has 3 fully saturated rings. The molecule has 0 bridgehead atoms. The van der Waals surface area contributed by atoms with Gasteiger partial charge in [0, 0.05) is 31.1 Å². The van der Waals surface area contributed by atoms with E-state index in [1.54, 1.807) is 11.0 Å². The van der Waals surface area contributed by atoms with Gasteiger partial charge < -0.3 is 9.64 Å². The first-order chi connectivity index (χ1) is 13.6. The van der Waals surface area contributed by atoms with E-state index in [4.69, 9.17) is 4.74 Å². The average Bonchev–Trinajstić information content (AvgIpc) is 3.47. The van der Waals surface area contributed by atoms with Crippen LogP contribution in [0.4, 0.5) is 0 Å². The van der Waals surface area contributed by atoms with E-state index in [0.29, 0.717) is 18.5 Å². The zero-order chi connectivity index (χ0) is 19.3. The van der Waals surface area contributed by atoms with Crippen molar-refractivity contribution in [1.29, 1.82) is 0 Å². The van der Waals surface area contributed by atoms with Crippen molar-refractivity contribution < 1.29 is 19.1 Å². The summed E-state index contributed by atoms with van der Waals surface area (Å²) in [5, 5.41) is 2.34. The third kappa shape index (κ3) is 3.28. The normalized spacial score (nSPS) is 28.3. The van der Waals surface area contributed by atoms with Crippen molar-refractivity contribution in [2.24, 2.45) is 0 Å². The first-order valence-electron chi connectivity index (χ1n) is 10.3. The van der Waals surface area contributed by atoms with Gasteiger partial charge in [-0.15, -0.1) is 0 Å². The molecule has 28 heavy (non-hydrogen) atoms. The number of carbonyl (C=O) groups excluding carboxylic acids is 3. The molecule has 3 aliphatic heterocycles. The molecule has 7 heteroatoms. The summed E-state index contributed by atoms with van der Waals surface area (Å²) in [4.78, 5) is 40.4. The molecule has 0 aromatic heterocycles. The van der Waals surface area contributed by atoms with Crippen molar-refractivity contribution in [1.82, 2.24) is 15.1 Å². The number of rotatable bonds is 4. The van der Waals surface area contributed by atoms with Crippen molar-refractivity contribution in [3.63, 3.8) is 0 Å². The van der Waals surface area contributed by atoms with E-state index in [1.165, 1.54) is 19.4 Å². The lowest BCUT2D eigenvalue weighted by atomic mass is 10.0. The SMILES string of the molecule is O=C1CCC(N2Cc3cc(OC4CCCN(C5CC5)C4)ccc3C2=O)C(=O)N1. The van der Waals surface area contributed by atoms with E-state index in [2.05, 4.69) is 10.2 Å². The summed E-state index contributed by atoms with van der Waals surface area (Å²) in [7, 11) is 0. The van der Waals surface area contributed by atoms with Crippen LogP contribution in [0.1, 0.15) is 54.4 Å². The van der Waals surface area contributed by atoms with Crippen LogP contribution in [0.3, 0.4) is 0 Å². The van der Waals surface area contributed by atoms with Crippen LogP contribution in [0.2, 0.25) is 0 Å². The number of imide groups is 1. The van der Waals surface area contributed by atoms with E-state index in [1.807, 2.05) is 12.1 Å². The van der Waals surface area contributed by atoms with Gasteiger partial charge in [0.05, 0.1) is 0 Å². The number of fused-ring (bicyclic) bond motifs is 1. The summed E-state index contributed by atoms with van der Waals surface area (Å²) >= 11 is 0. The number of amides is 3. The van der Waals surface area contributed by atoms with E-state index in [0.717, 1.165) is 36.7 Å². The quantitative estimate of drug-likeness (QED) is 0.797. The van der Waals surface area contributed by atoms with Gasteiger partial charge in [-0.2, -0.15) is 0 Å². The van der Waals surface area contributed by atoms with Crippen molar-refractivity contribution >= 4 is 17.7 Å². The predicted octanol–water partition coefficient (Wildman–Crippen LogP) is 1.45. The first-order valence-corrected chi connectivity index (χ1v) is 10.3. The second-order valence-electron chi connectivity index (χ2n) is 8.33. The minimum atomic E-state index is -0.576. The molecular formula is C21H25N3O4. The van der Waals surface area contributed by atoms with Gasteiger partial charge >= 0.3 is 0 Å². The number of ether oxygens (including phenoxy) is 1. The predicted molar refractivity (Wildman–Crippen MR) is 101 cm³/mol. The number of benzene rings is 1. The Kier molecular flexibility index (Phi) is 4.34. The van der Waals surface area contributed by atoms with E-state index in [9.17, 15) is 14.4 Å². The maximum atomic E-state index is 12.8. The molecule has 0 radical (unpaired) electrons. The van der Waals surface area contributed by atoms with Crippen LogP contribution in [0.15, 0.2) is 18.2 Å². The van der Waals surface area contributed by atoms with Crippen LogP contribution in [0.25, 0.3) is 0 Å². The number of carbonyl (C=O) groups is 3. The highest BCUT2D eigenvalue weighted by Gasteiger charge is 2.39. The van der Waals surface area contributed by atoms with Crippen LogP contribution >= 0.6 is 0 Å². The lowest BCUT2D eigenvalue weighted by Crippen LogP contribution is -2.52. The highest BCUT2D eigenvalue weighted by atomic mass is 16.5. The topological polar surface area (TPSA) is 79.0 Å². The van der Waals surface area contributed by atoms with Gasteiger partial charge in [-0.3, -0.25) is 24.6 Å². The second kappa shape index (κ2) is 6.88. The molecule has 1 aromatic rings. The second-order valence-corrected chi connectivity index (χ2v) is 8.33. The van der Waals surface area contributed by atoms with Crippen LogP contribution < -0.4 is 10.1 Å². The molecule has 1 aromatic carbocycles. The largest absolute Gasteiger partial charge is 0.489 e. The fraction of sp³-hybridized carbons (Fsp3) is 0.571. The van der Waals surface area contributed by atoms with Gasteiger partial charge in [0.15, 0.2) is 0 Å². The maximum Gasteiger partial charge on any atom is 0.255 e. The molecule has 3 heterocycles. The molecule has 3 amide bonds. The van der Waals surface area contributed by atoms with Crippen LogP contribution in [-0.2, 0) is 16.1 Å². The standard InChI is InChI=1S/C21H25N3O4/c25-19-8-7-18(20(26)22-19)24-11-13-10-15(5-6-17(13)21(24)27)28-16-2-1-9-23(12-16)14-3-4-14/h5-6,10,14,16,18H,1-4,7-9,11-12H2,(H,22,25,26). The number of hydrogen-bond acceptors (Lipinski definition) is 5. The lowest BCUT2D eigenvalue weighted by Gasteiger charge is -2.33. The monoisotopic (exact) mass is 383 g/mol. The highest BCUT2D eigenvalue weighted by molar-refractivity contribution is 6.05. The van der Waals surface area contributed by atoms with Crippen molar-refractivity contribution in [3.8, 4) is 5.75 Å². The van der Waals surface area contributed by atoms with Gasteiger partial charge in [0.25, 0.3) is 5.91 Å². The molecule has 0 spiro atoms. The van der Waals surface area contributed by atoms with Crippen LogP contribution in [0.5, 0.6) is 5.75 Å². The molecule has 7 nitrogen and oxygen atoms in total. The summed E-state index contributed by atoms with van der Waals surface area (Å²) in [5.41, 5.74) is 1.52. The fourth-order valence-corrected chi connectivity index (χ4v) is 4.65. The summed E-state index contributed by atoms with van der Waals surface area (Å²) in [5.74, 6) is -0.00184. The minimum Gasteiger partial charge on any atom is -0.489 e. The third-order valence-corrected chi connectivity index (χ3v) is 6.27. The average molecular weight is 383 g/mol. The Balaban J connectivity index is 1.27. The Bertz CT molecular complexity index is 835. The molecule has 1 saturated carbocycles. The molecular weight excluding hydrogens is 358 g/mol. The fourth-order valence-electron chi connectivity index (χ4n) is 4.65. The molecule has 2 atom stereocenters. The van der Waals surface area contributed by atoms with Crippen molar-refractivity contribution in [2.75, 3.05) is 13.1 Å². The Morgan fingerprint density at radius 3 is 2.71 bits per heavy atom. The third-order valence-electron chi connectivity index (χ3n) is 6.27. The van der Waals surface area contributed by atoms with Gasteiger partial charge in [0.2, 0.25) is 11.8 Å². The Hall–Kier alpha value is -2.41.